The zero-order valence-corrected chi connectivity index (χ0v) is 9.01. The van der Waals surface area contributed by atoms with E-state index in [1.807, 2.05) is 0 Å². The van der Waals surface area contributed by atoms with Crippen LogP contribution in [0, 0.1) is 12.8 Å². The smallest absolute Gasteiger partial charge is 0.396 e. The molecule has 90 valence electrons. The molecule has 1 atom stereocenters. The molecule has 0 spiro atoms. The summed E-state index contributed by atoms with van der Waals surface area (Å²) >= 11 is 0. The molecule has 2 heterocycles. The van der Waals surface area contributed by atoms with Crippen LogP contribution in [0.3, 0.4) is 0 Å². The molecule has 0 amide bonds. The van der Waals surface area contributed by atoms with Crippen LogP contribution in [0.4, 0.5) is 13.2 Å². The van der Waals surface area contributed by atoms with Crippen molar-refractivity contribution in [1.82, 2.24) is 4.57 Å². The Balaban J connectivity index is 2.38. The van der Waals surface area contributed by atoms with Crippen molar-refractivity contribution in [2.24, 2.45) is 5.92 Å². The standard InChI is InChI=1S/C11H14F3NO/c1-7-10(11(12,13)14)5-9-4-8(6-16)2-3-15(7)9/h5,8,16H,2-4,6H2,1H3. The summed E-state index contributed by atoms with van der Waals surface area (Å²) in [7, 11) is 0. The summed E-state index contributed by atoms with van der Waals surface area (Å²) in [6.07, 6.45) is -2.99. The van der Waals surface area contributed by atoms with Gasteiger partial charge in [0.25, 0.3) is 0 Å². The molecular formula is C11H14F3NO. The average Bonchev–Trinajstić information content (AvgIpc) is 2.55. The van der Waals surface area contributed by atoms with Crippen LogP contribution in [0.25, 0.3) is 0 Å². The van der Waals surface area contributed by atoms with Crippen LogP contribution in [0.5, 0.6) is 0 Å². The van der Waals surface area contributed by atoms with Crippen molar-refractivity contribution in [3.63, 3.8) is 0 Å². The fourth-order valence-corrected chi connectivity index (χ4v) is 2.34. The van der Waals surface area contributed by atoms with Gasteiger partial charge < -0.3 is 9.67 Å². The number of hydrogen-bond donors (Lipinski definition) is 1. The van der Waals surface area contributed by atoms with Crippen molar-refractivity contribution < 1.29 is 18.3 Å². The lowest BCUT2D eigenvalue weighted by molar-refractivity contribution is -0.138. The molecular weight excluding hydrogens is 219 g/mol. The molecule has 2 nitrogen and oxygen atoms in total. The maximum atomic E-state index is 12.7. The van der Waals surface area contributed by atoms with E-state index in [9.17, 15) is 13.2 Å². The van der Waals surface area contributed by atoms with Crippen LogP contribution >= 0.6 is 0 Å². The summed E-state index contributed by atoms with van der Waals surface area (Å²) in [4.78, 5) is 0. The van der Waals surface area contributed by atoms with E-state index in [-0.39, 0.29) is 12.5 Å². The lowest BCUT2D eigenvalue weighted by atomic mass is 9.97. The maximum absolute atomic E-state index is 12.7. The van der Waals surface area contributed by atoms with Crippen LogP contribution in [0.2, 0.25) is 0 Å². The third-order valence-corrected chi connectivity index (χ3v) is 3.27. The summed E-state index contributed by atoms with van der Waals surface area (Å²) in [6, 6.07) is 1.22. The molecule has 5 heteroatoms. The van der Waals surface area contributed by atoms with Gasteiger partial charge in [0, 0.05) is 24.5 Å². The van der Waals surface area contributed by atoms with Crippen molar-refractivity contribution in [1.29, 1.82) is 0 Å². The lowest BCUT2D eigenvalue weighted by Gasteiger charge is -2.23. The molecule has 0 aromatic carbocycles. The monoisotopic (exact) mass is 233 g/mol. The zero-order valence-electron chi connectivity index (χ0n) is 9.01. The second-order valence-electron chi connectivity index (χ2n) is 4.33. The highest BCUT2D eigenvalue weighted by molar-refractivity contribution is 5.31. The first-order valence-electron chi connectivity index (χ1n) is 5.30. The van der Waals surface area contributed by atoms with Gasteiger partial charge in [0.05, 0.1) is 5.56 Å². The largest absolute Gasteiger partial charge is 0.418 e. The van der Waals surface area contributed by atoms with Crippen LogP contribution in [0.15, 0.2) is 6.07 Å². The fraction of sp³-hybridized carbons (Fsp3) is 0.636. The highest BCUT2D eigenvalue weighted by Gasteiger charge is 2.36. The van der Waals surface area contributed by atoms with E-state index in [4.69, 9.17) is 5.11 Å². The number of aliphatic hydroxyl groups is 1. The second kappa shape index (κ2) is 3.80. The zero-order chi connectivity index (χ0) is 11.9. The SMILES string of the molecule is Cc1c(C(F)(F)F)cc2n1CCC(CO)C2. The van der Waals surface area contributed by atoms with E-state index in [0.717, 1.165) is 6.42 Å². The molecule has 0 bridgehead atoms. The van der Waals surface area contributed by atoms with Gasteiger partial charge in [0.15, 0.2) is 0 Å². The van der Waals surface area contributed by atoms with Gasteiger partial charge in [-0.3, -0.25) is 0 Å². The minimum atomic E-state index is -4.27. The van der Waals surface area contributed by atoms with Gasteiger partial charge in [-0.25, -0.2) is 0 Å². The van der Waals surface area contributed by atoms with Gasteiger partial charge in [-0.2, -0.15) is 13.2 Å². The number of halogens is 3. The van der Waals surface area contributed by atoms with Gasteiger partial charge in [-0.05, 0) is 31.7 Å². The predicted octanol–water partition coefficient (Wildman–Crippen LogP) is 2.37. The fourth-order valence-electron chi connectivity index (χ4n) is 2.34. The maximum Gasteiger partial charge on any atom is 0.418 e. The molecule has 1 N–H and O–H groups in total. The Morgan fingerprint density at radius 1 is 1.50 bits per heavy atom. The van der Waals surface area contributed by atoms with Crippen molar-refractivity contribution in [3.05, 3.63) is 23.0 Å². The predicted molar refractivity (Wildman–Crippen MR) is 53.1 cm³/mol. The summed E-state index contributed by atoms with van der Waals surface area (Å²) in [5, 5.41) is 9.02. The number of rotatable bonds is 1. The molecule has 0 saturated carbocycles. The Labute approximate surface area is 91.7 Å². The van der Waals surface area contributed by atoms with E-state index in [1.165, 1.54) is 13.0 Å². The number of hydrogen-bond acceptors (Lipinski definition) is 1. The highest BCUT2D eigenvalue weighted by atomic mass is 19.4. The van der Waals surface area contributed by atoms with Gasteiger partial charge in [0.1, 0.15) is 0 Å². The Morgan fingerprint density at radius 2 is 2.19 bits per heavy atom. The number of nitrogens with zero attached hydrogens (tertiary/aromatic N) is 1. The average molecular weight is 233 g/mol. The number of aromatic nitrogens is 1. The topological polar surface area (TPSA) is 25.2 Å². The van der Waals surface area contributed by atoms with E-state index in [1.54, 1.807) is 4.57 Å². The van der Waals surface area contributed by atoms with E-state index < -0.39 is 11.7 Å². The van der Waals surface area contributed by atoms with Crippen LogP contribution in [0.1, 0.15) is 23.4 Å². The number of aliphatic hydroxyl groups excluding tert-OH is 1. The minimum Gasteiger partial charge on any atom is -0.396 e. The Bertz CT molecular complexity index is 395. The Hall–Kier alpha value is -0.970. The van der Waals surface area contributed by atoms with Gasteiger partial charge in [0.2, 0.25) is 0 Å². The van der Waals surface area contributed by atoms with Crippen LogP contribution < -0.4 is 0 Å². The summed E-state index contributed by atoms with van der Waals surface area (Å²) in [5.74, 6) is 0.0999. The molecule has 0 aliphatic carbocycles. The molecule has 1 unspecified atom stereocenters. The molecule has 2 rings (SSSR count). The Morgan fingerprint density at radius 3 is 2.75 bits per heavy atom. The van der Waals surface area contributed by atoms with Gasteiger partial charge in [-0.15, -0.1) is 0 Å². The van der Waals surface area contributed by atoms with E-state index in [2.05, 4.69) is 0 Å². The van der Waals surface area contributed by atoms with Crippen molar-refractivity contribution in [3.8, 4) is 0 Å². The van der Waals surface area contributed by atoms with E-state index in [0.29, 0.717) is 24.4 Å². The summed E-state index contributed by atoms with van der Waals surface area (Å²) in [6.45, 7) is 2.12. The summed E-state index contributed by atoms with van der Waals surface area (Å²) < 4.78 is 39.7. The second-order valence-corrected chi connectivity index (χ2v) is 4.33. The first kappa shape index (κ1) is 11.5. The molecule has 1 aliphatic heterocycles. The first-order valence-corrected chi connectivity index (χ1v) is 5.30. The molecule has 1 aliphatic rings. The molecule has 0 fully saturated rings. The minimum absolute atomic E-state index is 0.0472. The highest BCUT2D eigenvalue weighted by Crippen LogP contribution is 2.36. The molecule has 0 radical (unpaired) electrons. The first-order chi connectivity index (χ1) is 7.43. The van der Waals surface area contributed by atoms with Gasteiger partial charge >= 0.3 is 6.18 Å². The molecule has 1 aromatic heterocycles. The van der Waals surface area contributed by atoms with Crippen molar-refractivity contribution >= 4 is 0 Å². The molecule has 1 aromatic rings. The van der Waals surface area contributed by atoms with Crippen molar-refractivity contribution in [2.75, 3.05) is 6.61 Å². The lowest BCUT2D eigenvalue weighted by Crippen LogP contribution is -2.22. The molecule has 16 heavy (non-hydrogen) atoms. The Kier molecular flexibility index (Phi) is 2.74. The van der Waals surface area contributed by atoms with Crippen LogP contribution in [-0.4, -0.2) is 16.3 Å². The number of fused-ring (bicyclic) bond motifs is 1. The summed E-state index contributed by atoms with van der Waals surface area (Å²) in [5.41, 5.74) is 0.440. The van der Waals surface area contributed by atoms with E-state index >= 15 is 0 Å². The quantitative estimate of drug-likeness (QED) is 0.791. The molecule has 0 saturated heterocycles. The van der Waals surface area contributed by atoms with Gasteiger partial charge in [-0.1, -0.05) is 0 Å². The normalized spacial score (nSPS) is 20.9. The van der Waals surface area contributed by atoms with Crippen LogP contribution in [-0.2, 0) is 19.1 Å². The third-order valence-electron chi connectivity index (χ3n) is 3.27. The third kappa shape index (κ3) is 1.84. The van der Waals surface area contributed by atoms with Crippen molar-refractivity contribution in [2.45, 2.75) is 32.5 Å². The number of alkyl halides is 3.